The molecule has 0 atom stereocenters. The molecule has 0 amide bonds. The molecule has 8 heteroatoms. The van der Waals surface area contributed by atoms with E-state index < -0.39 is 23.0 Å². The molecule has 0 saturated carbocycles. The van der Waals surface area contributed by atoms with Crippen LogP contribution in [0.4, 0.5) is 13.2 Å². The summed E-state index contributed by atoms with van der Waals surface area (Å²) in [7, 11) is 0. The summed E-state index contributed by atoms with van der Waals surface area (Å²) in [5, 5.41) is 0.807. The van der Waals surface area contributed by atoms with Crippen LogP contribution in [-0.4, -0.2) is 14.5 Å². The number of rotatable bonds is 1. The SMILES string of the molecule is C#Cc1ncc2ccccc2c1-n1c(=O)[nH]c2ccc(C(F)(F)F)cc2c1=O. The van der Waals surface area contributed by atoms with Crippen molar-refractivity contribution < 1.29 is 13.2 Å². The van der Waals surface area contributed by atoms with Gasteiger partial charge in [-0.2, -0.15) is 13.2 Å². The molecule has 0 aliphatic rings. The molecule has 0 saturated heterocycles. The Labute approximate surface area is 155 Å². The van der Waals surface area contributed by atoms with Crippen LogP contribution in [0.5, 0.6) is 0 Å². The average Bonchev–Trinajstić information content (AvgIpc) is 2.67. The molecule has 2 aromatic heterocycles. The Bertz CT molecular complexity index is 1410. The van der Waals surface area contributed by atoms with E-state index in [9.17, 15) is 22.8 Å². The Morgan fingerprint density at radius 2 is 1.82 bits per heavy atom. The van der Waals surface area contributed by atoms with E-state index in [-0.39, 0.29) is 22.3 Å². The Morgan fingerprint density at radius 3 is 2.54 bits per heavy atom. The molecule has 0 bridgehead atoms. The molecule has 2 heterocycles. The minimum absolute atomic E-state index is 0.00490. The Kier molecular flexibility index (Phi) is 3.82. The third kappa shape index (κ3) is 2.65. The average molecular weight is 381 g/mol. The first-order chi connectivity index (χ1) is 13.3. The number of hydrogen-bond acceptors (Lipinski definition) is 3. The lowest BCUT2D eigenvalue weighted by molar-refractivity contribution is -0.137. The molecular formula is C20H10F3N3O2. The number of fused-ring (bicyclic) bond motifs is 2. The summed E-state index contributed by atoms with van der Waals surface area (Å²) in [6.45, 7) is 0. The number of terminal acetylenes is 1. The van der Waals surface area contributed by atoms with E-state index in [1.807, 2.05) is 0 Å². The fourth-order valence-electron chi connectivity index (χ4n) is 3.07. The van der Waals surface area contributed by atoms with Crippen LogP contribution in [0.2, 0.25) is 0 Å². The predicted octanol–water partition coefficient (Wildman–Crippen LogP) is 3.23. The molecule has 5 nitrogen and oxygen atoms in total. The van der Waals surface area contributed by atoms with E-state index in [4.69, 9.17) is 6.42 Å². The van der Waals surface area contributed by atoms with Gasteiger partial charge in [0.15, 0.2) is 0 Å². The van der Waals surface area contributed by atoms with Gasteiger partial charge in [-0.3, -0.25) is 4.79 Å². The Hall–Kier alpha value is -3.86. The lowest BCUT2D eigenvalue weighted by Crippen LogP contribution is -2.34. The van der Waals surface area contributed by atoms with Gasteiger partial charge in [-0.1, -0.05) is 24.3 Å². The molecule has 0 unspecified atom stereocenters. The van der Waals surface area contributed by atoms with Crippen LogP contribution in [0, 0.1) is 12.3 Å². The van der Waals surface area contributed by atoms with Gasteiger partial charge in [-0.25, -0.2) is 14.3 Å². The number of pyridine rings is 1. The van der Waals surface area contributed by atoms with Crippen molar-refractivity contribution >= 4 is 21.7 Å². The standard InChI is InChI=1S/C20H10F3N3O2/c1-2-15-17(13-6-4-3-5-11(13)10-24-15)26-18(27)14-9-12(20(21,22)23)7-8-16(14)25-19(26)28/h1,3-10H,(H,25,28). The molecule has 138 valence electrons. The number of nitrogens with one attached hydrogen (secondary N) is 1. The zero-order chi connectivity index (χ0) is 20.1. The molecule has 0 spiro atoms. The third-order valence-corrected chi connectivity index (χ3v) is 4.36. The van der Waals surface area contributed by atoms with Crippen molar-refractivity contribution in [3.05, 3.63) is 80.8 Å². The zero-order valence-electron chi connectivity index (χ0n) is 14.0. The van der Waals surface area contributed by atoms with Crippen LogP contribution >= 0.6 is 0 Å². The highest BCUT2D eigenvalue weighted by Gasteiger charge is 2.31. The largest absolute Gasteiger partial charge is 0.416 e. The first-order valence-corrected chi connectivity index (χ1v) is 8.02. The van der Waals surface area contributed by atoms with E-state index in [0.717, 1.165) is 16.7 Å². The number of nitrogens with zero attached hydrogens (tertiary/aromatic N) is 2. The van der Waals surface area contributed by atoms with E-state index >= 15 is 0 Å². The molecule has 2 aromatic carbocycles. The normalized spacial score (nSPS) is 11.6. The van der Waals surface area contributed by atoms with Crippen LogP contribution in [0.15, 0.2) is 58.3 Å². The topological polar surface area (TPSA) is 67.8 Å². The van der Waals surface area contributed by atoms with Crippen LogP contribution in [0.3, 0.4) is 0 Å². The third-order valence-electron chi connectivity index (χ3n) is 4.36. The van der Waals surface area contributed by atoms with Gasteiger partial charge in [0.1, 0.15) is 5.69 Å². The highest BCUT2D eigenvalue weighted by molar-refractivity contribution is 5.91. The van der Waals surface area contributed by atoms with Crippen molar-refractivity contribution in [2.75, 3.05) is 0 Å². The second-order valence-corrected chi connectivity index (χ2v) is 6.02. The summed E-state index contributed by atoms with van der Waals surface area (Å²) in [6, 6.07) is 9.35. The quantitative estimate of drug-likeness (QED) is 0.515. The van der Waals surface area contributed by atoms with Crippen LogP contribution < -0.4 is 11.2 Å². The lowest BCUT2D eigenvalue weighted by Gasteiger charge is -2.12. The molecule has 4 rings (SSSR count). The van der Waals surface area contributed by atoms with E-state index in [2.05, 4.69) is 15.9 Å². The first-order valence-electron chi connectivity index (χ1n) is 8.02. The van der Waals surface area contributed by atoms with Crippen molar-refractivity contribution in [1.29, 1.82) is 0 Å². The van der Waals surface area contributed by atoms with Crippen molar-refractivity contribution in [2.24, 2.45) is 0 Å². The first kappa shape index (κ1) is 17.5. The van der Waals surface area contributed by atoms with E-state index in [1.165, 1.54) is 6.20 Å². The maximum Gasteiger partial charge on any atom is 0.416 e. The van der Waals surface area contributed by atoms with Crippen molar-refractivity contribution in [3.8, 4) is 18.0 Å². The van der Waals surface area contributed by atoms with Gasteiger partial charge in [0.25, 0.3) is 5.56 Å². The molecule has 0 fully saturated rings. The number of benzene rings is 2. The number of H-pyrrole nitrogens is 1. The highest BCUT2D eigenvalue weighted by Crippen LogP contribution is 2.30. The summed E-state index contributed by atoms with van der Waals surface area (Å²) < 4.78 is 39.9. The molecule has 0 aliphatic heterocycles. The van der Waals surface area contributed by atoms with E-state index in [0.29, 0.717) is 16.8 Å². The number of aromatic nitrogens is 3. The summed E-state index contributed by atoms with van der Waals surface area (Å²) in [4.78, 5) is 32.2. The minimum atomic E-state index is -4.63. The smallest absolute Gasteiger partial charge is 0.306 e. The number of hydrogen-bond donors (Lipinski definition) is 1. The monoisotopic (exact) mass is 381 g/mol. The maximum absolute atomic E-state index is 13.1. The zero-order valence-corrected chi connectivity index (χ0v) is 14.0. The maximum atomic E-state index is 13.1. The van der Waals surface area contributed by atoms with Gasteiger partial charge < -0.3 is 4.98 Å². The lowest BCUT2D eigenvalue weighted by atomic mass is 10.1. The summed E-state index contributed by atoms with van der Waals surface area (Å²) in [5.41, 5.74) is -2.67. The van der Waals surface area contributed by atoms with Gasteiger partial charge in [0.2, 0.25) is 0 Å². The summed E-state index contributed by atoms with van der Waals surface area (Å²) in [5.74, 6) is 2.32. The molecular weight excluding hydrogens is 371 g/mol. The van der Waals surface area contributed by atoms with Gasteiger partial charge >= 0.3 is 11.9 Å². The highest BCUT2D eigenvalue weighted by atomic mass is 19.4. The Balaban J connectivity index is 2.17. The van der Waals surface area contributed by atoms with Crippen molar-refractivity contribution in [1.82, 2.24) is 14.5 Å². The fourth-order valence-corrected chi connectivity index (χ4v) is 3.07. The molecule has 28 heavy (non-hydrogen) atoms. The number of aromatic amines is 1. The molecule has 1 N–H and O–H groups in total. The van der Waals surface area contributed by atoms with Crippen molar-refractivity contribution in [2.45, 2.75) is 6.18 Å². The summed E-state index contributed by atoms with van der Waals surface area (Å²) in [6.07, 6.45) is 2.35. The van der Waals surface area contributed by atoms with Gasteiger partial charge in [0, 0.05) is 17.0 Å². The van der Waals surface area contributed by atoms with Crippen LogP contribution in [-0.2, 0) is 6.18 Å². The van der Waals surface area contributed by atoms with Crippen LogP contribution in [0.25, 0.3) is 27.4 Å². The number of alkyl halides is 3. The minimum Gasteiger partial charge on any atom is -0.306 e. The van der Waals surface area contributed by atoms with Gasteiger partial charge in [0.05, 0.1) is 22.2 Å². The van der Waals surface area contributed by atoms with Crippen molar-refractivity contribution in [3.63, 3.8) is 0 Å². The second kappa shape index (κ2) is 6.09. The van der Waals surface area contributed by atoms with E-state index in [1.54, 1.807) is 24.3 Å². The van der Waals surface area contributed by atoms with Gasteiger partial charge in [-0.15, -0.1) is 6.42 Å². The molecule has 0 radical (unpaired) electrons. The fraction of sp³-hybridized carbons (Fsp3) is 0.0500. The van der Waals surface area contributed by atoms with Gasteiger partial charge in [-0.05, 0) is 24.1 Å². The second-order valence-electron chi connectivity index (χ2n) is 6.02. The summed E-state index contributed by atoms with van der Waals surface area (Å²) >= 11 is 0. The molecule has 0 aliphatic carbocycles. The van der Waals surface area contributed by atoms with Crippen LogP contribution in [0.1, 0.15) is 11.3 Å². The Morgan fingerprint density at radius 1 is 1.07 bits per heavy atom. The predicted molar refractivity (Wildman–Crippen MR) is 98.4 cm³/mol. The number of halogens is 3. The molecule has 4 aromatic rings.